The number of aryl methyl sites for hydroxylation is 1. The highest BCUT2D eigenvalue weighted by molar-refractivity contribution is 7.46. The molecule has 0 atom stereocenters. The molecule has 2 aromatic heterocycles. The third kappa shape index (κ3) is 7.32. The lowest BCUT2D eigenvalue weighted by Crippen LogP contribution is -2.34. The molecule has 1 aliphatic rings. The number of phosphoric ester groups is 1. The summed E-state index contributed by atoms with van der Waals surface area (Å²) >= 11 is 0. The fraction of sp³-hybridized carbons (Fsp3) is 0.500. The van der Waals surface area contributed by atoms with Gasteiger partial charge in [0.2, 0.25) is 11.6 Å². The summed E-state index contributed by atoms with van der Waals surface area (Å²) in [6.45, 7) is 3.79. The Labute approximate surface area is 186 Å². The van der Waals surface area contributed by atoms with E-state index in [4.69, 9.17) is 24.0 Å². The Morgan fingerprint density at radius 3 is 2.69 bits per heavy atom. The molecule has 32 heavy (non-hydrogen) atoms. The summed E-state index contributed by atoms with van der Waals surface area (Å²) in [4.78, 5) is 26.1. The van der Waals surface area contributed by atoms with Gasteiger partial charge in [0, 0.05) is 24.8 Å². The minimum Gasteiger partial charge on any atom is -0.490 e. The SMILES string of the molecule is COc1c(OC2CCNCC2)ccnc1Nc1ccc(OCCCOP(=O)(O)O)nc1C. The van der Waals surface area contributed by atoms with Crippen molar-refractivity contribution in [3.8, 4) is 17.4 Å². The summed E-state index contributed by atoms with van der Waals surface area (Å²) in [5.41, 5.74) is 1.41. The second-order valence-corrected chi connectivity index (χ2v) is 8.43. The van der Waals surface area contributed by atoms with Gasteiger partial charge in [-0.05, 0) is 38.9 Å². The summed E-state index contributed by atoms with van der Waals surface area (Å²) in [5.74, 6) is 2.08. The minimum atomic E-state index is -4.45. The fourth-order valence-corrected chi connectivity index (χ4v) is 3.57. The number of aromatic nitrogens is 2. The van der Waals surface area contributed by atoms with E-state index in [1.54, 1.807) is 25.4 Å². The molecule has 0 unspecified atom stereocenters. The van der Waals surface area contributed by atoms with Crippen LogP contribution in [0.4, 0.5) is 11.5 Å². The van der Waals surface area contributed by atoms with Crippen LogP contribution in [-0.4, -0.2) is 59.3 Å². The van der Waals surface area contributed by atoms with E-state index in [2.05, 4.69) is 25.1 Å². The van der Waals surface area contributed by atoms with Crippen LogP contribution in [0.3, 0.4) is 0 Å². The molecule has 0 aliphatic carbocycles. The van der Waals surface area contributed by atoms with Crippen molar-refractivity contribution in [2.24, 2.45) is 0 Å². The van der Waals surface area contributed by atoms with E-state index in [-0.39, 0.29) is 19.3 Å². The van der Waals surface area contributed by atoms with E-state index in [0.717, 1.165) is 31.6 Å². The Bertz CT molecular complexity index is 934. The van der Waals surface area contributed by atoms with Gasteiger partial charge in [0.05, 0.1) is 31.7 Å². The quantitative estimate of drug-likeness (QED) is 0.285. The number of piperidine rings is 1. The first-order valence-corrected chi connectivity index (χ1v) is 11.9. The number of pyridine rings is 2. The van der Waals surface area contributed by atoms with E-state index >= 15 is 0 Å². The highest BCUT2D eigenvalue weighted by Gasteiger charge is 2.19. The summed E-state index contributed by atoms with van der Waals surface area (Å²) in [6, 6.07) is 5.30. The van der Waals surface area contributed by atoms with E-state index < -0.39 is 7.82 Å². The van der Waals surface area contributed by atoms with Crippen LogP contribution in [0.5, 0.6) is 17.4 Å². The number of anilines is 2. The van der Waals surface area contributed by atoms with Gasteiger partial charge in [0.25, 0.3) is 0 Å². The lowest BCUT2D eigenvalue weighted by atomic mass is 10.1. The number of methoxy groups -OCH3 is 1. The van der Waals surface area contributed by atoms with Crippen molar-refractivity contribution in [2.45, 2.75) is 32.3 Å². The molecule has 1 aliphatic heterocycles. The largest absolute Gasteiger partial charge is 0.490 e. The average Bonchev–Trinajstić information content (AvgIpc) is 2.75. The van der Waals surface area contributed by atoms with Crippen molar-refractivity contribution < 1.29 is 33.1 Å². The number of hydrogen-bond donors (Lipinski definition) is 4. The van der Waals surface area contributed by atoms with Crippen molar-refractivity contribution >= 4 is 19.3 Å². The van der Waals surface area contributed by atoms with Crippen LogP contribution >= 0.6 is 7.82 Å². The average molecular weight is 468 g/mol. The maximum atomic E-state index is 10.7. The Kier molecular flexibility index (Phi) is 8.66. The van der Waals surface area contributed by atoms with E-state index in [1.165, 1.54) is 0 Å². The van der Waals surface area contributed by atoms with Crippen molar-refractivity contribution in [1.29, 1.82) is 0 Å². The van der Waals surface area contributed by atoms with Gasteiger partial charge in [-0.15, -0.1) is 0 Å². The molecule has 176 valence electrons. The van der Waals surface area contributed by atoms with Crippen molar-refractivity contribution in [2.75, 3.05) is 38.7 Å². The van der Waals surface area contributed by atoms with Crippen molar-refractivity contribution in [1.82, 2.24) is 15.3 Å². The molecule has 11 nitrogen and oxygen atoms in total. The summed E-state index contributed by atoms with van der Waals surface area (Å²) < 4.78 is 32.3. The van der Waals surface area contributed by atoms with Gasteiger partial charge in [0.1, 0.15) is 6.10 Å². The molecule has 0 saturated carbocycles. The Morgan fingerprint density at radius 1 is 1.22 bits per heavy atom. The molecule has 12 heteroatoms. The normalized spacial score (nSPS) is 14.8. The molecule has 0 amide bonds. The molecule has 3 rings (SSSR count). The predicted molar refractivity (Wildman–Crippen MR) is 118 cm³/mol. The molecule has 0 spiro atoms. The zero-order valence-electron chi connectivity index (χ0n) is 18.1. The second kappa shape index (κ2) is 11.4. The molecular weight excluding hydrogens is 439 g/mol. The van der Waals surface area contributed by atoms with E-state index in [9.17, 15) is 4.57 Å². The van der Waals surface area contributed by atoms with Crippen molar-refractivity contribution in [3.63, 3.8) is 0 Å². The Hall–Kier alpha value is -2.43. The predicted octanol–water partition coefficient (Wildman–Crippen LogP) is 2.55. The van der Waals surface area contributed by atoms with E-state index in [0.29, 0.717) is 35.3 Å². The first kappa shape index (κ1) is 24.2. The molecule has 0 aromatic carbocycles. The fourth-order valence-electron chi connectivity index (χ4n) is 3.20. The lowest BCUT2D eigenvalue weighted by Gasteiger charge is -2.25. The zero-order valence-corrected chi connectivity index (χ0v) is 19.0. The molecule has 0 bridgehead atoms. The van der Waals surface area contributed by atoms with Crippen LogP contribution in [0, 0.1) is 6.92 Å². The van der Waals surface area contributed by atoms with Gasteiger partial charge in [-0.1, -0.05) is 0 Å². The Morgan fingerprint density at radius 2 is 2.00 bits per heavy atom. The number of rotatable bonds is 11. The monoisotopic (exact) mass is 468 g/mol. The van der Waals surface area contributed by atoms with Gasteiger partial charge in [-0.25, -0.2) is 14.5 Å². The second-order valence-electron chi connectivity index (χ2n) is 7.19. The van der Waals surface area contributed by atoms with Gasteiger partial charge in [0.15, 0.2) is 11.6 Å². The summed E-state index contributed by atoms with van der Waals surface area (Å²) in [5, 5.41) is 6.55. The van der Waals surface area contributed by atoms with Crippen LogP contribution < -0.4 is 24.8 Å². The first-order chi connectivity index (χ1) is 15.4. The molecule has 3 heterocycles. The number of phosphoric acid groups is 1. The van der Waals surface area contributed by atoms with Crippen LogP contribution in [0.2, 0.25) is 0 Å². The molecule has 1 fully saturated rings. The highest BCUT2D eigenvalue weighted by atomic mass is 31.2. The lowest BCUT2D eigenvalue weighted by molar-refractivity contribution is 0.156. The van der Waals surface area contributed by atoms with Crippen molar-refractivity contribution in [3.05, 3.63) is 30.1 Å². The maximum absolute atomic E-state index is 10.7. The van der Waals surface area contributed by atoms with Gasteiger partial charge >= 0.3 is 7.82 Å². The molecular formula is C20H29N4O7P. The summed E-state index contributed by atoms with van der Waals surface area (Å²) in [6.07, 6.45) is 3.99. The smallest absolute Gasteiger partial charge is 0.469 e. The number of nitrogens with one attached hydrogen (secondary N) is 2. The molecule has 4 N–H and O–H groups in total. The number of ether oxygens (including phenoxy) is 3. The Balaban J connectivity index is 1.61. The van der Waals surface area contributed by atoms with Crippen LogP contribution in [0.1, 0.15) is 25.0 Å². The van der Waals surface area contributed by atoms with Gasteiger partial charge < -0.3 is 34.6 Å². The molecule has 2 aromatic rings. The highest BCUT2D eigenvalue weighted by Crippen LogP contribution is 2.37. The maximum Gasteiger partial charge on any atom is 0.469 e. The summed E-state index contributed by atoms with van der Waals surface area (Å²) in [7, 11) is -2.88. The number of nitrogens with zero attached hydrogens (tertiary/aromatic N) is 2. The third-order valence-electron chi connectivity index (χ3n) is 4.76. The third-order valence-corrected chi connectivity index (χ3v) is 5.28. The first-order valence-electron chi connectivity index (χ1n) is 10.3. The topological polar surface area (TPSA) is 144 Å². The van der Waals surface area contributed by atoms with Crippen LogP contribution in [0.25, 0.3) is 0 Å². The van der Waals surface area contributed by atoms with E-state index in [1.807, 2.05) is 13.0 Å². The zero-order chi connectivity index (χ0) is 23.0. The standard InChI is InChI=1S/C20H29N4O7P/c1-14-16(4-5-18(23-14)29-12-3-13-30-32(25,26)27)24-20-19(28-2)17(8-11-22-20)31-15-6-9-21-10-7-15/h4-5,8,11,15,21H,3,6-7,9-10,12-13H2,1-2H3,(H,22,24)(H2,25,26,27). The van der Waals surface area contributed by atoms with Gasteiger partial charge in [-0.3, -0.25) is 4.52 Å². The van der Waals surface area contributed by atoms with Crippen LogP contribution in [0.15, 0.2) is 24.4 Å². The van der Waals surface area contributed by atoms with Crippen LogP contribution in [-0.2, 0) is 9.09 Å². The number of hydrogen-bond acceptors (Lipinski definition) is 9. The molecule has 1 saturated heterocycles. The van der Waals surface area contributed by atoms with Gasteiger partial charge in [-0.2, -0.15) is 0 Å². The minimum absolute atomic E-state index is 0.107. The molecule has 0 radical (unpaired) electrons.